The zero-order valence-corrected chi connectivity index (χ0v) is 23.4. The quantitative estimate of drug-likeness (QED) is 0.243. The van der Waals surface area contributed by atoms with Crippen molar-refractivity contribution in [2.45, 2.75) is 76.3 Å². The lowest BCUT2D eigenvalue weighted by atomic mass is 9.87. The first-order chi connectivity index (χ1) is 20.0. The van der Waals surface area contributed by atoms with Gasteiger partial charge < -0.3 is 15.2 Å². The van der Waals surface area contributed by atoms with E-state index in [1.165, 1.54) is 22.8 Å². The molecule has 7 heteroatoms. The number of nitrogens with one attached hydrogen (secondary N) is 2. The molecule has 0 aliphatic heterocycles. The summed E-state index contributed by atoms with van der Waals surface area (Å²) in [5.74, 6) is -0.212. The molecule has 212 valence electrons. The minimum absolute atomic E-state index is 0.0603. The summed E-state index contributed by atoms with van der Waals surface area (Å²) < 4.78 is 30.0. The van der Waals surface area contributed by atoms with E-state index < -0.39 is 17.7 Å². The highest BCUT2D eigenvalue weighted by molar-refractivity contribution is 5.94. The van der Waals surface area contributed by atoms with E-state index in [1.54, 1.807) is 6.33 Å². The SMILES string of the molecule is CCC[C@@H](N[C@H]1CCc2cc(F)cc(F)c2C1)C(=O)Nc1cn(-c2ccccc2CC2CCc3ccccc32)cn1. The van der Waals surface area contributed by atoms with Crippen LogP contribution >= 0.6 is 0 Å². The van der Waals surface area contributed by atoms with Gasteiger partial charge in [-0.05, 0) is 90.8 Å². The van der Waals surface area contributed by atoms with Crippen LogP contribution in [-0.2, 0) is 30.5 Å². The summed E-state index contributed by atoms with van der Waals surface area (Å²) in [6.45, 7) is 2.04. The number of nitrogens with zero attached hydrogens (tertiary/aromatic N) is 2. The number of fused-ring (bicyclic) bond motifs is 2. The fourth-order valence-corrected chi connectivity index (χ4v) is 6.58. The number of amides is 1. The van der Waals surface area contributed by atoms with Gasteiger partial charge in [0.25, 0.3) is 0 Å². The van der Waals surface area contributed by atoms with Gasteiger partial charge in [-0.15, -0.1) is 0 Å². The van der Waals surface area contributed by atoms with Crippen LogP contribution in [0, 0.1) is 11.6 Å². The second-order valence-corrected chi connectivity index (χ2v) is 11.4. The van der Waals surface area contributed by atoms with Crippen LogP contribution in [0.3, 0.4) is 0 Å². The highest BCUT2D eigenvalue weighted by Gasteiger charge is 2.28. The molecule has 0 fully saturated rings. The van der Waals surface area contributed by atoms with Crippen LogP contribution in [0.2, 0.25) is 0 Å². The molecule has 4 aromatic rings. The first-order valence-corrected chi connectivity index (χ1v) is 14.7. The number of carbonyl (C=O) groups is 1. The van der Waals surface area contributed by atoms with Crippen LogP contribution in [0.4, 0.5) is 14.6 Å². The Morgan fingerprint density at radius 1 is 1.05 bits per heavy atom. The molecule has 1 unspecified atom stereocenters. The Morgan fingerprint density at radius 2 is 1.85 bits per heavy atom. The molecule has 1 heterocycles. The van der Waals surface area contributed by atoms with Crippen molar-refractivity contribution in [3.63, 3.8) is 0 Å². The second kappa shape index (κ2) is 12.0. The summed E-state index contributed by atoms with van der Waals surface area (Å²) in [6.07, 6.45) is 10.0. The Balaban J connectivity index is 1.13. The zero-order chi connectivity index (χ0) is 28.3. The van der Waals surface area contributed by atoms with Crippen molar-refractivity contribution in [1.29, 1.82) is 0 Å². The van der Waals surface area contributed by atoms with E-state index in [9.17, 15) is 13.6 Å². The zero-order valence-electron chi connectivity index (χ0n) is 23.4. The van der Waals surface area contributed by atoms with Crippen LogP contribution in [0.5, 0.6) is 0 Å². The number of hydrogen-bond acceptors (Lipinski definition) is 3. The molecule has 0 radical (unpaired) electrons. The average molecular weight is 555 g/mol. The Bertz CT molecular complexity index is 1550. The lowest BCUT2D eigenvalue weighted by Gasteiger charge is -2.29. The van der Waals surface area contributed by atoms with Crippen LogP contribution in [0.15, 0.2) is 73.2 Å². The van der Waals surface area contributed by atoms with E-state index in [2.05, 4.69) is 58.1 Å². The molecular weight excluding hydrogens is 518 g/mol. The van der Waals surface area contributed by atoms with Gasteiger partial charge in [0.1, 0.15) is 18.0 Å². The van der Waals surface area contributed by atoms with Crippen LogP contribution < -0.4 is 10.6 Å². The number of rotatable bonds is 9. The van der Waals surface area contributed by atoms with Gasteiger partial charge in [0.15, 0.2) is 5.82 Å². The summed E-state index contributed by atoms with van der Waals surface area (Å²) in [7, 11) is 0. The predicted octanol–water partition coefficient (Wildman–Crippen LogP) is 6.68. The Labute approximate surface area is 240 Å². The number of benzene rings is 3. The predicted molar refractivity (Wildman–Crippen MR) is 157 cm³/mol. The van der Waals surface area contributed by atoms with Gasteiger partial charge in [-0.25, -0.2) is 13.8 Å². The van der Waals surface area contributed by atoms with E-state index in [0.717, 1.165) is 49.4 Å². The molecule has 6 rings (SSSR count). The van der Waals surface area contributed by atoms with Gasteiger partial charge >= 0.3 is 0 Å². The lowest BCUT2D eigenvalue weighted by molar-refractivity contribution is -0.118. The molecule has 5 nitrogen and oxygen atoms in total. The van der Waals surface area contributed by atoms with Crippen LogP contribution in [-0.4, -0.2) is 27.5 Å². The number of para-hydroxylation sites is 1. The van der Waals surface area contributed by atoms with Gasteiger partial charge in [0.05, 0.1) is 12.2 Å². The van der Waals surface area contributed by atoms with Gasteiger partial charge in [-0.3, -0.25) is 4.79 Å². The molecule has 0 bridgehead atoms. The van der Waals surface area contributed by atoms with Gasteiger partial charge in [-0.1, -0.05) is 55.8 Å². The number of aromatic nitrogens is 2. The fraction of sp³-hybridized carbons (Fsp3) is 0.353. The standard InChI is InChI=1S/C34H36F2N4O/c1-2-7-31(38-27-15-14-24-17-26(35)18-30(36)29(24)19-27)34(41)39-33-20-40(21-37-33)32-11-6-4-9-25(32)16-23-13-12-22-8-3-5-10-28(22)23/h3-6,8-11,17-18,20-21,23,27,31,38H,2,7,12-16,19H2,1H3,(H,39,41)/t23?,27-,31+/m0/s1. The van der Waals surface area contributed by atoms with Crippen molar-refractivity contribution in [2.75, 3.05) is 5.32 Å². The smallest absolute Gasteiger partial charge is 0.242 e. The summed E-state index contributed by atoms with van der Waals surface area (Å²) in [5, 5.41) is 6.44. The van der Waals surface area contributed by atoms with Gasteiger partial charge in [0.2, 0.25) is 5.91 Å². The Kier molecular flexibility index (Phi) is 7.97. The average Bonchev–Trinajstić information content (AvgIpc) is 3.60. The Hall–Kier alpha value is -3.84. The van der Waals surface area contributed by atoms with Crippen molar-refractivity contribution in [1.82, 2.24) is 14.9 Å². The third-order valence-electron chi connectivity index (χ3n) is 8.62. The molecule has 0 saturated carbocycles. The van der Waals surface area contributed by atoms with Crippen LogP contribution in [0.25, 0.3) is 5.69 Å². The molecule has 0 spiro atoms. The molecule has 0 saturated heterocycles. The molecule has 1 aromatic heterocycles. The van der Waals surface area contributed by atoms with Crippen molar-refractivity contribution in [2.24, 2.45) is 0 Å². The Morgan fingerprint density at radius 3 is 2.73 bits per heavy atom. The number of anilines is 1. The van der Waals surface area contributed by atoms with Crippen LogP contribution in [0.1, 0.15) is 66.3 Å². The number of halogens is 2. The second-order valence-electron chi connectivity index (χ2n) is 11.4. The third kappa shape index (κ3) is 5.96. The molecule has 2 aliphatic rings. The molecule has 2 aliphatic carbocycles. The molecular formula is C34H36F2N4O. The summed E-state index contributed by atoms with van der Waals surface area (Å²) >= 11 is 0. The number of aryl methyl sites for hydroxylation is 2. The first kappa shape index (κ1) is 27.3. The summed E-state index contributed by atoms with van der Waals surface area (Å²) in [4.78, 5) is 17.8. The van der Waals surface area contributed by atoms with E-state index in [1.807, 2.05) is 23.8 Å². The lowest BCUT2D eigenvalue weighted by Crippen LogP contribution is -2.48. The first-order valence-electron chi connectivity index (χ1n) is 14.7. The molecule has 3 atom stereocenters. The number of carbonyl (C=O) groups excluding carboxylic acids is 1. The highest BCUT2D eigenvalue weighted by atomic mass is 19.1. The van der Waals surface area contributed by atoms with Crippen molar-refractivity contribution < 1.29 is 13.6 Å². The van der Waals surface area contributed by atoms with E-state index in [0.29, 0.717) is 36.6 Å². The topological polar surface area (TPSA) is 59.0 Å². The van der Waals surface area contributed by atoms with Gasteiger partial charge in [0, 0.05) is 17.8 Å². The summed E-state index contributed by atoms with van der Waals surface area (Å²) in [6, 6.07) is 19.0. The van der Waals surface area contributed by atoms with E-state index in [-0.39, 0.29) is 11.9 Å². The van der Waals surface area contributed by atoms with E-state index in [4.69, 9.17) is 0 Å². The third-order valence-corrected chi connectivity index (χ3v) is 8.62. The van der Waals surface area contributed by atoms with Gasteiger partial charge in [-0.2, -0.15) is 0 Å². The maximum absolute atomic E-state index is 14.4. The normalized spacial score (nSPS) is 18.5. The highest BCUT2D eigenvalue weighted by Crippen LogP contribution is 2.36. The maximum Gasteiger partial charge on any atom is 0.242 e. The molecule has 1 amide bonds. The number of imidazole rings is 1. The van der Waals surface area contributed by atoms with Crippen molar-refractivity contribution in [3.05, 3.63) is 113 Å². The van der Waals surface area contributed by atoms with E-state index >= 15 is 0 Å². The molecule has 2 N–H and O–H groups in total. The minimum atomic E-state index is -0.540. The van der Waals surface area contributed by atoms with Crippen molar-refractivity contribution >= 4 is 11.7 Å². The maximum atomic E-state index is 14.4. The number of hydrogen-bond donors (Lipinski definition) is 2. The largest absolute Gasteiger partial charge is 0.308 e. The monoisotopic (exact) mass is 554 g/mol. The minimum Gasteiger partial charge on any atom is -0.308 e. The fourth-order valence-electron chi connectivity index (χ4n) is 6.58. The summed E-state index contributed by atoms with van der Waals surface area (Å²) in [5.41, 5.74) is 6.48. The van der Waals surface area contributed by atoms with Crippen molar-refractivity contribution in [3.8, 4) is 5.69 Å². The molecule has 3 aromatic carbocycles. The molecule has 41 heavy (non-hydrogen) atoms.